The molecule has 2 aromatic rings. The molecule has 0 bridgehead atoms. The van der Waals surface area contributed by atoms with Crippen LogP contribution >= 0.6 is 0 Å². The molecule has 0 aliphatic heterocycles. The number of aromatic nitrogens is 2. The fourth-order valence-electron chi connectivity index (χ4n) is 1.49. The van der Waals surface area contributed by atoms with Gasteiger partial charge in [0.15, 0.2) is 5.75 Å². The lowest BCUT2D eigenvalue weighted by Crippen LogP contribution is -2.07. The van der Waals surface area contributed by atoms with Gasteiger partial charge in [0.1, 0.15) is 5.75 Å². The quantitative estimate of drug-likeness (QED) is 0.840. The maximum Gasteiger partial charge on any atom is 0.420 e. The normalized spacial score (nSPS) is 11.1. The number of halogens is 3. The summed E-state index contributed by atoms with van der Waals surface area (Å²) in [4.78, 5) is 0. The molecule has 1 heterocycles. The summed E-state index contributed by atoms with van der Waals surface area (Å²) in [5.74, 6) is -0.169. The molecule has 0 spiro atoms. The summed E-state index contributed by atoms with van der Waals surface area (Å²) in [5.41, 5.74) is -1.07. The van der Waals surface area contributed by atoms with Gasteiger partial charge < -0.3 is 4.74 Å². The predicted molar refractivity (Wildman–Crippen MR) is 59.4 cm³/mol. The average Bonchev–Trinajstić information content (AvgIpc) is 2.74. The molecule has 0 amide bonds. The minimum absolute atomic E-state index is 0.0779. The summed E-state index contributed by atoms with van der Waals surface area (Å²) in [6.07, 6.45) is -1.85. The summed E-state index contributed by atoms with van der Waals surface area (Å²) < 4.78 is 45.1. The van der Waals surface area contributed by atoms with Gasteiger partial charge in [0.25, 0.3) is 0 Å². The fraction of sp³-hybridized carbons (Fsp3) is 0.167. The molecule has 19 heavy (non-hydrogen) atoms. The van der Waals surface area contributed by atoms with Crippen LogP contribution in [0.3, 0.4) is 0 Å². The first-order valence-corrected chi connectivity index (χ1v) is 5.18. The Hall–Kier alpha value is -2.49. The van der Waals surface area contributed by atoms with E-state index < -0.39 is 11.7 Å². The number of rotatable bonds is 2. The lowest BCUT2D eigenvalue weighted by Gasteiger charge is -2.12. The molecule has 0 aliphatic carbocycles. The van der Waals surface area contributed by atoms with Crippen LogP contribution in [0.4, 0.5) is 13.2 Å². The van der Waals surface area contributed by atoms with E-state index in [-0.39, 0.29) is 17.1 Å². The van der Waals surface area contributed by atoms with Gasteiger partial charge in [-0.15, -0.1) is 0 Å². The lowest BCUT2D eigenvalue weighted by atomic mass is 10.1. The highest BCUT2D eigenvalue weighted by Crippen LogP contribution is 2.38. The SMILES string of the molecule is Cn1cc(Oc2ccc(C#N)cc2C(F)(F)F)cn1. The highest BCUT2D eigenvalue weighted by molar-refractivity contribution is 5.45. The van der Waals surface area contributed by atoms with E-state index >= 15 is 0 Å². The number of hydrogen-bond donors (Lipinski definition) is 0. The summed E-state index contributed by atoms with van der Waals surface area (Å²) in [6, 6.07) is 4.80. The molecule has 1 aromatic carbocycles. The number of benzene rings is 1. The molecule has 7 heteroatoms. The van der Waals surface area contributed by atoms with Crippen LogP contribution < -0.4 is 4.74 Å². The highest BCUT2D eigenvalue weighted by atomic mass is 19.4. The van der Waals surface area contributed by atoms with Crippen LogP contribution in [0.5, 0.6) is 11.5 Å². The third-order valence-corrected chi connectivity index (χ3v) is 2.32. The Bertz CT molecular complexity index is 640. The monoisotopic (exact) mass is 267 g/mol. The first-order valence-electron chi connectivity index (χ1n) is 5.18. The first-order chi connectivity index (χ1) is 8.90. The van der Waals surface area contributed by atoms with Crippen LogP contribution in [-0.2, 0) is 13.2 Å². The Kier molecular flexibility index (Phi) is 3.17. The summed E-state index contributed by atoms with van der Waals surface area (Å²) in [6.45, 7) is 0. The topological polar surface area (TPSA) is 50.8 Å². The van der Waals surface area contributed by atoms with Gasteiger partial charge in [0, 0.05) is 7.05 Å². The standard InChI is InChI=1S/C12H8F3N3O/c1-18-7-9(6-17-18)19-11-3-2-8(5-16)4-10(11)12(13,14)15/h2-4,6-7H,1H3. The van der Waals surface area contributed by atoms with E-state index in [1.165, 1.54) is 23.1 Å². The summed E-state index contributed by atoms with van der Waals surface area (Å²) in [5, 5.41) is 12.4. The van der Waals surface area contributed by atoms with Crippen molar-refractivity contribution in [3.8, 4) is 17.6 Å². The molecule has 4 nitrogen and oxygen atoms in total. The minimum atomic E-state index is -4.59. The maximum absolute atomic E-state index is 12.9. The van der Waals surface area contributed by atoms with Gasteiger partial charge >= 0.3 is 6.18 Å². The van der Waals surface area contributed by atoms with Crippen molar-refractivity contribution in [2.45, 2.75) is 6.18 Å². The number of alkyl halides is 3. The molecule has 0 unspecified atom stereocenters. The zero-order valence-electron chi connectivity index (χ0n) is 9.77. The van der Waals surface area contributed by atoms with Gasteiger partial charge in [-0.1, -0.05) is 0 Å². The van der Waals surface area contributed by atoms with Gasteiger partial charge in [-0.25, -0.2) is 0 Å². The molecule has 1 aromatic heterocycles. The van der Waals surface area contributed by atoms with E-state index in [1.807, 2.05) is 0 Å². The maximum atomic E-state index is 12.9. The molecule has 0 atom stereocenters. The number of nitrogens with zero attached hydrogens (tertiary/aromatic N) is 3. The van der Waals surface area contributed by atoms with E-state index in [2.05, 4.69) is 5.10 Å². The summed E-state index contributed by atoms with van der Waals surface area (Å²) in [7, 11) is 1.62. The second-order valence-corrected chi connectivity index (χ2v) is 3.77. The van der Waals surface area contributed by atoms with Gasteiger partial charge in [-0.3, -0.25) is 4.68 Å². The number of hydrogen-bond acceptors (Lipinski definition) is 3. The number of nitriles is 1. The molecule has 0 aliphatic rings. The van der Waals surface area contributed by atoms with Crippen molar-refractivity contribution in [1.82, 2.24) is 9.78 Å². The zero-order chi connectivity index (χ0) is 14.0. The minimum Gasteiger partial charge on any atom is -0.453 e. The van der Waals surface area contributed by atoms with Crippen molar-refractivity contribution >= 4 is 0 Å². The Labute approximate surface area is 106 Å². The van der Waals surface area contributed by atoms with Crippen molar-refractivity contribution < 1.29 is 17.9 Å². The molecular formula is C12H8F3N3O. The summed E-state index contributed by atoms with van der Waals surface area (Å²) >= 11 is 0. The van der Waals surface area contributed by atoms with Crippen molar-refractivity contribution in [2.24, 2.45) is 7.05 Å². The van der Waals surface area contributed by atoms with E-state index in [1.54, 1.807) is 13.1 Å². The average molecular weight is 267 g/mol. The van der Waals surface area contributed by atoms with E-state index in [0.717, 1.165) is 12.1 Å². The van der Waals surface area contributed by atoms with Gasteiger partial charge in [0.05, 0.1) is 29.6 Å². The Morgan fingerprint density at radius 2 is 2.11 bits per heavy atom. The third-order valence-electron chi connectivity index (χ3n) is 2.32. The van der Waals surface area contributed by atoms with Gasteiger partial charge in [-0.05, 0) is 18.2 Å². The van der Waals surface area contributed by atoms with Crippen molar-refractivity contribution in [2.75, 3.05) is 0 Å². The van der Waals surface area contributed by atoms with Crippen LogP contribution in [0.15, 0.2) is 30.6 Å². The molecular weight excluding hydrogens is 259 g/mol. The second kappa shape index (κ2) is 4.65. The van der Waals surface area contributed by atoms with E-state index in [0.29, 0.717) is 0 Å². The number of ether oxygens (including phenoxy) is 1. The van der Waals surface area contributed by atoms with Gasteiger partial charge in [-0.2, -0.15) is 23.5 Å². The Balaban J connectivity index is 2.42. The van der Waals surface area contributed by atoms with Crippen molar-refractivity contribution in [3.05, 3.63) is 41.7 Å². The molecule has 0 saturated heterocycles. The van der Waals surface area contributed by atoms with Crippen molar-refractivity contribution in [1.29, 1.82) is 5.26 Å². The molecule has 0 N–H and O–H groups in total. The van der Waals surface area contributed by atoms with Crippen LogP contribution in [0.25, 0.3) is 0 Å². The highest BCUT2D eigenvalue weighted by Gasteiger charge is 2.35. The molecule has 2 rings (SSSR count). The fourth-order valence-corrected chi connectivity index (χ4v) is 1.49. The van der Waals surface area contributed by atoms with Crippen LogP contribution in [-0.4, -0.2) is 9.78 Å². The Morgan fingerprint density at radius 1 is 1.37 bits per heavy atom. The molecule has 0 fully saturated rings. The molecule has 0 saturated carbocycles. The molecule has 0 radical (unpaired) electrons. The second-order valence-electron chi connectivity index (χ2n) is 3.77. The lowest BCUT2D eigenvalue weighted by molar-refractivity contribution is -0.138. The third kappa shape index (κ3) is 2.85. The van der Waals surface area contributed by atoms with Crippen LogP contribution in [0.2, 0.25) is 0 Å². The predicted octanol–water partition coefficient (Wildman–Crippen LogP) is 3.10. The van der Waals surface area contributed by atoms with E-state index in [9.17, 15) is 13.2 Å². The zero-order valence-corrected chi connectivity index (χ0v) is 9.77. The van der Waals surface area contributed by atoms with Crippen LogP contribution in [0, 0.1) is 11.3 Å². The van der Waals surface area contributed by atoms with Crippen LogP contribution in [0.1, 0.15) is 11.1 Å². The van der Waals surface area contributed by atoms with Gasteiger partial charge in [0.2, 0.25) is 0 Å². The molecule has 98 valence electrons. The van der Waals surface area contributed by atoms with Crippen molar-refractivity contribution in [3.63, 3.8) is 0 Å². The number of aryl methyl sites for hydroxylation is 1. The largest absolute Gasteiger partial charge is 0.453 e. The first kappa shape index (κ1) is 13.0. The smallest absolute Gasteiger partial charge is 0.420 e. The van der Waals surface area contributed by atoms with E-state index in [4.69, 9.17) is 10.00 Å². The Morgan fingerprint density at radius 3 is 2.63 bits per heavy atom.